The third-order valence-electron chi connectivity index (χ3n) is 1.78. The van der Waals surface area contributed by atoms with E-state index in [4.69, 9.17) is 4.42 Å². The Hall–Kier alpha value is -1.16. The van der Waals surface area contributed by atoms with Crippen molar-refractivity contribution in [3.05, 3.63) is 40.4 Å². The van der Waals surface area contributed by atoms with E-state index in [1.54, 1.807) is 25.3 Å². The van der Waals surface area contributed by atoms with Crippen LogP contribution in [0.25, 0.3) is 11.5 Å². The van der Waals surface area contributed by atoms with Gasteiger partial charge < -0.3 is 4.42 Å². The molecule has 72 valence electrons. The number of aromatic nitrogens is 1. The number of hydrogen-bond acceptors (Lipinski definition) is 2. The van der Waals surface area contributed by atoms with E-state index in [-0.39, 0.29) is 5.82 Å². The second-order valence-corrected chi connectivity index (χ2v) is 3.82. The Morgan fingerprint density at radius 2 is 2.21 bits per heavy atom. The highest BCUT2D eigenvalue weighted by atomic mass is 79.9. The lowest BCUT2D eigenvalue weighted by molar-refractivity contribution is 0.534. The van der Waals surface area contributed by atoms with Gasteiger partial charge in [-0.3, -0.25) is 0 Å². The molecular formula is C10H7BrFNO. The Morgan fingerprint density at radius 1 is 1.43 bits per heavy atom. The van der Waals surface area contributed by atoms with Crippen LogP contribution in [0.2, 0.25) is 0 Å². The molecule has 1 aromatic carbocycles. The van der Waals surface area contributed by atoms with E-state index in [1.165, 1.54) is 6.07 Å². The Labute approximate surface area is 88.9 Å². The Bertz CT molecular complexity index is 467. The Balaban J connectivity index is 2.55. The van der Waals surface area contributed by atoms with Crippen LogP contribution < -0.4 is 0 Å². The lowest BCUT2D eigenvalue weighted by Gasteiger charge is -1.98. The predicted molar refractivity (Wildman–Crippen MR) is 54.3 cm³/mol. The molecule has 0 atom stereocenters. The molecule has 0 radical (unpaired) electrons. The summed E-state index contributed by atoms with van der Waals surface area (Å²) < 4.78 is 19.4. The van der Waals surface area contributed by atoms with Gasteiger partial charge in [-0.1, -0.05) is 15.9 Å². The van der Waals surface area contributed by atoms with E-state index < -0.39 is 0 Å². The predicted octanol–water partition coefficient (Wildman–Crippen LogP) is 3.55. The van der Waals surface area contributed by atoms with Gasteiger partial charge in [0, 0.05) is 4.47 Å². The van der Waals surface area contributed by atoms with E-state index in [0.29, 0.717) is 17.2 Å². The van der Waals surface area contributed by atoms with Crippen LogP contribution in [0, 0.1) is 12.7 Å². The van der Waals surface area contributed by atoms with Gasteiger partial charge in [0.05, 0.1) is 11.8 Å². The number of nitrogens with zero attached hydrogens (tertiary/aromatic N) is 1. The van der Waals surface area contributed by atoms with Crippen LogP contribution in [0.3, 0.4) is 0 Å². The summed E-state index contributed by atoms with van der Waals surface area (Å²) in [7, 11) is 0. The molecule has 14 heavy (non-hydrogen) atoms. The Morgan fingerprint density at radius 3 is 2.86 bits per heavy atom. The van der Waals surface area contributed by atoms with Crippen molar-refractivity contribution in [1.82, 2.24) is 4.98 Å². The van der Waals surface area contributed by atoms with Gasteiger partial charge >= 0.3 is 0 Å². The van der Waals surface area contributed by atoms with Crippen LogP contribution in [0.4, 0.5) is 4.39 Å². The second-order valence-electron chi connectivity index (χ2n) is 2.90. The highest BCUT2D eigenvalue weighted by Gasteiger charge is 2.10. The lowest BCUT2D eigenvalue weighted by Crippen LogP contribution is -1.83. The van der Waals surface area contributed by atoms with Crippen LogP contribution in [0.15, 0.2) is 33.3 Å². The highest BCUT2D eigenvalue weighted by molar-refractivity contribution is 9.10. The molecular weight excluding hydrogens is 249 g/mol. The van der Waals surface area contributed by atoms with Crippen molar-refractivity contribution in [3.8, 4) is 11.5 Å². The zero-order valence-corrected chi connectivity index (χ0v) is 9.01. The van der Waals surface area contributed by atoms with E-state index in [1.807, 2.05) is 0 Å². The summed E-state index contributed by atoms with van der Waals surface area (Å²) in [6.45, 7) is 1.77. The van der Waals surface area contributed by atoms with Crippen LogP contribution in [-0.2, 0) is 0 Å². The van der Waals surface area contributed by atoms with Gasteiger partial charge in [0.2, 0.25) is 5.89 Å². The lowest BCUT2D eigenvalue weighted by atomic mass is 10.2. The maximum atomic E-state index is 13.3. The normalized spacial score (nSPS) is 10.5. The number of halogens is 2. The zero-order chi connectivity index (χ0) is 10.1. The molecule has 0 spiro atoms. The summed E-state index contributed by atoms with van der Waals surface area (Å²) in [6, 6.07) is 4.65. The molecule has 2 aromatic rings. The molecule has 0 aliphatic carbocycles. The molecule has 0 fully saturated rings. The van der Waals surface area contributed by atoms with Gasteiger partial charge in [-0.05, 0) is 25.1 Å². The number of aryl methyl sites for hydroxylation is 1. The second kappa shape index (κ2) is 3.53. The smallest absolute Gasteiger partial charge is 0.229 e. The fourth-order valence-electron chi connectivity index (χ4n) is 1.14. The summed E-state index contributed by atoms with van der Waals surface area (Å²) in [5, 5.41) is 0. The summed E-state index contributed by atoms with van der Waals surface area (Å²) >= 11 is 3.26. The summed E-state index contributed by atoms with van der Waals surface area (Å²) in [5.74, 6) is 0.635. The molecule has 0 saturated carbocycles. The average molecular weight is 256 g/mol. The first-order valence-corrected chi connectivity index (χ1v) is 4.84. The molecule has 0 bridgehead atoms. The van der Waals surface area contributed by atoms with Crippen molar-refractivity contribution >= 4 is 15.9 Å². The first-order valence-electron chi connectivity index (χ1n) is 4.04. The molecule has 1 heterocycles. The van der Waals surface area contributed by atoms with Gasteiger partial charge in [0.15, 0.2) is 0 Å². The van der Waals surface area contributed by atoms with Gasteiger partial charge in [-0.2, -0.15) is 0 Å². The molecule has 0 amide bonds. The van der Waals surface area contributed by atoms with Crippen LogP contribution in [-0.4, -0.2) is 4.98 Å². The molecule has 0 aliphatic rings. The molecule has 2 rings (SSSR count). The average Bonchev–Trinajstić information content (AvgIpc) is 2.56. The van der Waals surface area contributed by atoms with Crippen LogP contribution in [0.1, 0.15) is 5.76 Å². The summed E-state index contributed by atoms with van der Waals surface area (Å²) in [4.78, 5) is 3.96. The number of rotatable bonds is 1. The van der Waals surface area contributed by atoms with E-state index >= 15 is 0 Å². The minimum Gasteiger partial charge on any atom is -0.441 e. The van der Waals surface area contributed by atoms with Gasteiger partial charge in [0.1, 0.15) is 11.6 Å². The standard InChI is InChI=1S/C10H7BrFNO/c1-6-5-13-10(14-6)8-4-7(11)2-3-9(8)12/h2-5H,1H3. The number of benzene rings is 1. The number of hydrogen-bond donors (Lipinski definition) is 0. The molecule has 0 N–H and O–H groups in total. The topological polar surface area (TPSA) is 26.0 Å². The SMILES string of the molecule is Cc1cnc(-c2cc(Br)ccc2F)o1. The summed E-state index contributed by atoms with van der Waals surface area (Å²) in [5.41, 5.74) is 0.368. The largest absolute Gasteiger partial charge is 0.441 e. The summed E-state index contributed by atoms with van der Waals surface area (Å²) in [6.07, 6.45) is 1.57. The molecule has 1 aromatic heterocycles. The van der Waals surface area contributed by atoms with Crippen molar-refractivity contribution in [1.29, 1.82) is 0 Å². The monoisotopic (exact) mass is 255 g/mol. The first-order chi connectivity index (χ1) is 6.66. The van der Waals surface area contributed by atoms with E-state index in [0.717, 1.165) is 4.47 Å². The van der Waals surface area contributed by atoms with Crippen molar-refractivity contribution in [2.75, 3.05) is 0 Å². The molecule has 0 saturated heterocycles. The Kier molecular flexibility index (Phi) is 2.37. The van der Waals surface area contributed by atoms with Crippen molar-refractivity contribution in [3.63, 3.8) is 0 Å². The highest BCUT2D eigenvalue weighted by Crippen LogP contribution is 2.25. The maximum Gasteiger partial charge on any atom is 0.229 e. The zero-order valence-electron chi connectivity index (χ0n) is 7.42. The molecule has 4 heteroatoms. The molecule has 0 unspecified atom stereocenters. The minimum absolute atomic E-state index is 0.307. The van der Waals surface area contributed by atoms with E-state index in [9.17, 15) is 4.39 Å². The van der Waals surface area contributed by atoms with Gasteiger partial charge in [0.25, 0.3) is 0 Å². The first kappa shape index (κ1) is 9.40. The quantitative estimate of drug-likeness (QED) is 0.779. The van der Waals surface area contributed by atoms with Gasteiger partial charge in [-0.25, -0.2) is 9.37 Å². The fourth-order valence-corrected chi connectivity index (χ4v) is 1.50. The van der Waals surface area contributed by atoms with Crippen LogP contribution >= 0.6 is 15.9 Å². The molecule has 0 aliphatic heterocycles. The van der Waals surface area contributed by atoms with Gasteiger partial charge in [-0.15, -0.1) is 0 Å². The van der Waals surface area contributed by atoms with Crippen molar-refractivity contribution in [2.24, 2.45) is 0 Å². The minimum atomic E-state index is -0.338. The fraction of sp³-hybridized carbons (Fsp3) is 0.100. The van der Waals surface area contributed by atoms with Crippen molar-refractivity contribution < 1.29 is 8.81 Å². The van der Waals surface area contributed by atoms with Crippen LogP contribution in [0.5, 0.6) is 0 Å². The maximum absolute atomic E-state index is 13.3. The number of oxazole rings is 1. The third-order valence-corrected chi connectivity index (χ3v) is 2.27. The third kappa shape index (κ3) is 1.70. The van der Waals surface area contributed by atoms with E-state index in [2.05, 4.69) is 20.9 Å². The molecule has 2 nitrogen and oxygen atoms in total. The van der Waals surface area contributed by atoms with Crippen molar-refractivity contribution in [2.45, 2.75) is 6.92 Å².